The average molecular weight is 319 g/mol. The Morgan fingerprint density at radius 2 is 2.05 bits per heavy atom. The van der Waals surface area contributed by atoms with Gasteiger partial charge in [-0.1, -0.05) is 50.3 Å². The Labute approximate surface area is 137 Å². The van der Waals surface area contributed by atoms with Crippen LogP contribution in [0.4, 0.5) is 0 Å². The van der Waals surface area contributed by atoms with Gasteiger partial charge in [0.2, 0.25) is 5.91 Å². The number of amides is 1. The van der Waals surface area contributed by atoms with Crippen LogP contribution in [-0.2, 0) is 17.6 Å². The van der Waals surface area contributed by atoms with E-state index < -0.39 is 5.41 Å². The molecule has 0 radical (unpaired) electrons. The zero-order chi connectivity index (χ0) is 16.2. The molecule has 1 aliphatic rings. The molecule has 1 aromatic rings. The molecule has 1 aliphatic heterocycles. The van der Waals surface area contributed by atoms with E-state index in [1.54, 1.807) is 0 Å². The van der Waals surface area contributed by atoms with Crippen LogP contribution in [-0.4, -0.2) is 25.5 Å². The third-order valence-electron chi connectivity index (χ3n) is 3.71. The molecule has 118 valence electrons. The molecule has 4 heteroatoms. The quantitative estimate of drug-likeness (QED) is 0.781. The number of fused-ring (bicyclic) bond motifs is 1. The summed E-state index contributed by atoms with van der Waals surface area (Å²) in [6.07, 6.45) is 1.94. The molecule has 0 spiro atoms. The van der Waals surface area contributed by atoms with Gasteiger partial charge in [-0.05, 0) is 43.1 Å². The van der Waals surface area contributed by atoms with E-state index in [1.807, 2.05) is 26.8 Å². The molecule has 0 aliphatic carbocycles. The lowest BCUT2D eigenvalue weighted by atomic mass is 9.96. The van der Waals surface area contributed by atoms with E-state index in [0.717, 1.165) is 31.5 Å². The molecule has 0 saturated carbocycles. The molecule has 1 aromatic carbocycles. The second-order valence-electron chi connectivity index (χ2n) is 6.54. The van der Waals surface area contributed by atoms with Gasteiger partial charge < -0.3 is 10.6 Å². The fraction of sp³-hybridized carbons (Fsp3) is 0.500. The lowest BCUT2D eigenvalue weighted by molar-refractivity contribution is -0.128. The molecule has 0 saturated heterocycles. The van der Waals surface area contributed by atoms with Crippen LogP contribution < -0.4 is 10.6 Å². The maximum absolute atomic E-state index is 11.8. The molecule has 0 bridgehead atoms. The van der Waals surface area contributed by atoms with Crippen molar-refractivity contribution in [1.82, 2.24) is 10.6 Å². The first-order valence-corrected chi connectivity index (χ1v) is 8.05. The van der Waals surface area contributed by atoms with Gasteiger partial charge in [-0.2, -0.15) is 0 Å². The lowest BCUT2D eigenvalue weighted by Gasteiger charge is -2.16. The van der Waals surface area contributed by atoms with Gasteiger partial charge in [0.05, 0.1) is 11.6 Å². The second kappa shape index (κ2) is 7.17. The molecule has 2 N–H and O–H groups in total. The van der Waals surface area contributed by atoms with Crippen LogP contribution in [0.5, 0.6) is 0 Å². The molecule has 0 aromatic heterocycles. The molecular weight excluding hydrogens is 296 g/mol. The molecule has 1 heterocycles. The Morgan fingerprint density at radius 3 is 2.77 bits per heavy atom. The number of carbonyl (C=O) groups is 1. The first-order valence-electron chi connectivity index (χ1n) is 7.68. The van der Waals surface area contributed by atoms with Gasteiger partial charge in [0, 0.05) is 11.0 Å². The molecule has 0 unspecified atom stereocenters. The Hall–Kier alpha value is -1.50. The van der Waals surface area contributed by atoms with E-state index in [4.69, 9.17) is 11.6 Å². The maximum atomic E-state index is 11.8. The van der Waals surface area contributed by atoms with E-state index in [0.29, 0.717) is 11.6 Å². The highest BCUT2D eigenvalue weighted by Gasteiger charge is 2.20. The highest BCUT2D eigenvalue weighted by Crippen LogP contribution is 2.24. The minimum atomic E-state index is -0.394. The summed E-state index contributed by atoms with van der Waals surface area (Å²) in [5.74, 6) is 6.18. The third-order valence-corrected chi connectivity index (χ3v) is 4.03. The zero-order valence-corrected chi connectivity index (χ0v) is 14.2. The molecule has 22 heavy (non-hydrogen) atoms. The van der Waals surface area contributed by atoms with Crippen molar-refractivity contribution in [2.75, 3.05) is 19.6 Å². The Kier molecular flexibility index (Phi) is 5.50. The van der Waals surface area contributed by atoms with Crippen molar-refractivity contribution < 1.29 is 4.79 Å². The molecular formula is C18H23ClN2O. The van der Waals surface area contributed by atoms with Gasteiger partial charge in [-0.3, -0.25) is 4.79 Å². The summed E-state index contributed by atoms with van der Waals surface area (Å²) in [6, 6.07) is 4.01. The van der Waals surface area contributed by atoms with E-state index in [2.05, 4.69) is 28.5 Å². The normalized spacial score (nSPS) is 14.4. The van der Waals surface area contributed by atoms with E-state index in [-0.39, 0.29) is 5.91 Å². The monoisotopic (exact) mass is 318 g/mol. The van der Waals surface area contributed by atoms with Crippen LogP contribution in [0.2, 0.25) is 5.02 Å². The first kappa shape index (κ1) is 16.9. The molecule has 3 nitrogen and oxygen atoms in total. The van der Waals surface area contributed by atoms with Crippen LogP contribution >= 0.6 is 11.6 Å². The third kappa shape index (κ3) is 4.25. The summed E-state index contributed by atoms with van der Waals surface area (Å²) in [7, 11) is 0. The highest BCUT2D eigenvalue weighted by atomic mass is 35.5. The van der Waals surface area contributed by atoms with Crippen LogP contribution in [0, 0.1) is 17.3 Å². The standard InChI is InChI=1S/C18H23ClN2O/c1-18(2,3)17(22)21-10-4-5-15-14-9-12-20-11-8-13(14)6-7-16(15)19/h6-7,20H,8-12H2,1-3H3,(H,21,22). The summed E-state index contributed by atoms with van der Waals surface area (Å²) in [5, 5.41) is 6.92. The van der Waals surface area contributed by atoms with E-state index in [9.17, 15) is 4.79 Å². The number of carbonyl (C=O) groups excluding carboxylic acids is 1. The van der Waals surface area contributed by atoms with Crippen LogP contribution in [0.25, 0.3) is 0 Å². The van der Waals surface area contributed by atoms with Gasteiger partial charge in [-0.25, -0.2) is 0 Å². The van der Waals surface area contributed by atoms with E-state index >= 15 is 0 Å². The van der Waals surface area contributed by atoms with Crippen LogP contribution in [0.15, 0.2) is 12.1 Å². The van der Waals surface area contributed by atoms with Crippen molar-refractivity contribution in [3.8, 4) is 11.8 Å². The smallest absolute Gasteiger partial charge is 0.226 e. The summed E-state index contributed by atoms with van der Waals surface area (Å²) < 4.78 is 0. The maximum Gasteiger partial charge on any atom is 0.226 e. The van der Waals surface area contributed by atoms with E-state index in [1.165, 1.54) is 11.1 Å². The number of halogens is 1. The summed E-state index contributed by atoms with van der Waals surface area (Å²) in [5.41, 5.74) is 3.08. The average Bonchev–Trinajstić information content (AvgIpc) is 2.69. The number of hydrogen-bond acceptors (Lipinski definition) is 2. The van der Waals surface area contributed by atoms with Crippen molar-refractivity contribution in [2.45, 2.75) is 33.6 Å². The molecule has 1 amide bonds. The van der Waals surface area contributed by atoms with Crippen molar-refractivity contribution in [1.29, 1.82) is 0 Å². The number of hydrogen-bond donors (Lipinski definition) is 2. The van der Waals surface area contributed by atoms with Crippen LogP contribution in [0.3, 0.4) is 0 Å². The van der Waals surface area contributed by atoms with Crippen LogP contribution in [0.1, 0.15) is 37.5 Å². The molecule has 0 fully saturated rings. The fourth-order valence-electron chi connectivity index (χ4n) is 2.40. The molecule has 2 rings (SSSR count). The van der Waals surface area contributed by atoms with Crippen molar-refractivity contribution in [2.24, 2.45) is 5.41 Å². The Balaban J connectivity index is 2.14. The van der Waals surface area contributed by atoms with Gasteiger partial charge in [-0.15, -0.1) is 0 Å². The Morgan fingerprint density at radius 1 is 1.32 bits per heavy atom. The summed E-state index contributed by atoms with van der Waals surface area (Å²) in [6.45, 7) is 7.93. The Bertz CT molecular complexity index is 620. The predicted octanol–water partition coefficient (Wildman–Crippen LogP) is 2.54. The largest absolute Gasteiger partial charge is 0.345 e. The van der Waals surface area contributed by atoms with Crippen molar-refractivity contribution in [3.63, 3.8) is 0 Å². The topological polar surface area (TPSA) is 41.1 Å². The second-order valence-corrected chi connectivity index (χ2v) is 6.95. The SMILES string of the molecule is CC(C)(C)C(=O)NCC#Cc1c(Cl)ccc2c1CCNCC2. The van der Waals surface area contributed by atoms with Gasteiger partial charge in [0.1, 0.15) is 0 Å². The minimum Gasteiger partial charge on any atom is -0.345 e. The van der Waals surface area contributed by atoms with Gasteiger partial charge in [0.25, 0.3) is 0 Å². The predicted molar refractivity (Wildman–Crippen MR) is 91.1 cm³/mol. The zero-order valence-electron chi connectivity index (χ0n) is 13.5. The highest BCUT2D eigenvalue weighted by molar-refractivity contribution is 6.31. The molecule has 0 atom stereocenters. The number of nitrogens with one attached hydrogen (secondary N) is 2. The van der Waals surface area contributed by atoms with Crippen molar-refractivity contribution >= 4 is 17.5 Å². The minimum absolute atomic E-state index is 0.00369. The number of benzene rings is 1. The number of rotatable bonds is 1. The first-order chi connectivity index (χ1) is 10.4. The van der Waals surface area contributed by atoms with Crippen molar-refractivity contribution in [3.05, 3.63) is 33.8 Å². The summed E-state index contributed by atoms with van der Waals surface area (Å²) >= 11 is 6.32. The summed E-state index contributed by atoms with van der Waals surface area (Å²) in [4.78, 5) is 11.8. The van der Waals surface area contributed by atoms with Gasteiger partial charge in [0.15, 0.2) is 0 Å². The lowest BCUT2D eigenvalue weighted by Crippen LogP contribution is -2.34. The van der Waals surface area contributed by atoms with Gasteiger partial charge >= 0.3 is 0 Å². The fourth-order valence-corrected chi connectivity index (χ4v) is 2.63.